The molecule has 2 nitrogen and oxygen atoms in total. The van der Waals surface area contributed by atoms with Gasteiger partial charge in [-0.1, -0.05) is 18.2 Å². The van der Waals surface area contributed by atoms with Crippen molar-refractivity contribution in [3.05, 3.63) is 30.3 Å². The maximum atomic E-state index is 6.59. The second kappa shape index (κ2) is 2.87. The van der Waals surface area contributed by atoms with Gasteiger partial charge in [0, 0.05) is 0 Å². The molecule has 0 atom stereocenters. The lowest BCUT2D eigenvalue weighted by Crippen LogP contribution is -1.85. The fourth-order valence-corrected chi connectivity index (χ4v) is 0.567. The molecule has 1 rings (SSSR count). The zero-order valence-corrected chi connectivity index (χ0v) is 4.87. The molecule has 0 spiro atoms. The van der Waals surface area contributed by atoms with E-state index in [2.05, 4.69) is 0 Å². The molecule has 2 heteroatoms. The van der Waals surface area contributed by atoms with E-state index in [0.29, 0.717) is 5.75 Å². The molecule has 0 heterocycles. The van der Waals surface area contributed by atoms with Gasteiger partial charge < -0.3 is 4.74 Å². The lowest BCUT2D eigenvalue weighted by atomic mass is 10.3. The predicted octanol–water partition coefficient (Wildman–Crippen LogP) is 1.67. The van der Waals surface area contributed by atoms with Crippen molar-refractivity contribution in [3.63, 3.8) is 0 Å². The Morgan fingerprint density at radius 1 is 1.22 bits per heavy atom. The second-order valence-electron chi connectivity index (χ2n) is 1.55. The molecule has 1 N–H and O–H groups in total. The van der Waals surface area contributed by atoms with Gasteiger partial charge in [0.05, 0.1) is 0 Å². The van der Waals surface area contributed by atoms with E-state index in [0.717, 1.165) is 6.40 Å². The molecule has 0 radical (unpaired) electrons. The summed E-state index contributed by atoms with van der Waals surface area (Å²) >= 11 is 0. The first-order chi connectivity index (χ1) is 4.43. The summed E-state index contributed by atoms with van der Waals surface area (Å²) < 4.78 is 4.75. The standard InChI is InChI=1S/C7H7NO/c8-6-9-7-4-2-1-3-5-7/h1-6,8H. The largest absolute Gasteiger partial charge is 0.446 e. The zero-order chi connectivity index (χ0) is 6.53. The Balaban J connectivity index is 2.72. The minimum absolute atomic E-state index is 0.701. The Kier molecular flexibility index (Phi) is 1.85. The summed E-state index contributed by atoms with van der Waals surface area (Å²) in [5.74, 6) is 0.701. The molecule has 0 fully saturated rings. The van der Waals surface area contributed by atoms with Crippen LogP contribution >= 0.6 is 0 Å². The Morgan fingerprint density at radius 2 is 1.89 bits per heavy atom. The van der Waals surface area contributed by atoms with Gasteiger partial charge in [0.1, 0.15) is 5.75 Å². The monoisotopic (exact) mass is 121 g/mol. The second-order valence-corrected chi connectivity index (χ2v) is 1.55. The van der Waals surface area contributed by atoms with Gasteiger partial charge in [0.15, 0.2) is 6.40 Å². The lowest BCUT2D eigenvalue weighted by molar-refractivity contribution is 0.570. The first-order valence-corrected chi connectivity index (χ1v) is 2.64. The number of ether oxygens (including phenoxy) is 1. The van der Waals surface area contributed by atoms with Crippen LogP contribution in [0.2, 0.25) is 0 Å². The van der Waals surface area contributed by atoms with Crippen molar-refractivity contribution in [1.29, 1.82) is 5.41 Å². The molecule has 1 aromatic carbocycles. The lowest BCUT2D eigenvalue weighted by Gasteiger charge is -1.93. The molecule has 9 heavy (non-hydrogen) atoms. The van der Waals surface area contributed by atoms with Gasteiger partial charge in [-0.2, -0.15) is 0 Å². The van der Waals surface area contributed by atoms with E-state index in [4.69, 9.17) is 10.1 Å². The Labute approximate surface area is 53.6 Å². The van der Waals surface area contributed by atoms with Gasteiger partial charge >= 0.3 is 0 Å². The van der Waals surface area contributed by atoms with Gasteiger partial charge in [0.25, 0.3) is 0 Å². The number of para-hydroxylation sites is 1. The topological polar surface area (TPSA) is 33.1 Å². The van der Waals surface area contributed by atoms with Crippen LogP contribution in [0.25, 0.3) is 0 Å². The van der Waals surface area contributed by atoms with E-state index >= 15 is 0 Å². The third-order valence-electron chi connectivity index (χ3n) is 0.938. The fourth-order valence-electron chi connectivity index (χ4n) is 0.567. The number of rotatable bonds is 2. The van der Waals surface area contributed by atoms with Gasteiger partial charge in [-0.15, -0.1) is 0 Å². The van der Waals surface area contributed by atoms with Crippen molar-refractivity contribution in [1.82, 2.24) is 0 Å². The zero-order valence-electron chi connectivity index (χ0n) is 4.87. The van der Waals surface area contributed by atoms with E-state index in [9.17, 15) is 0 Å². The first kappa shape index (κ1) is 5.82. The quantitative estimate of drug-likeness (QED) is 0.468. The molecule has 0 aliphatic heterocycles. The minimum atomic E-state index is 0.701. The first-order valence-electron chi connectivity index (χ1n) is 2.64. The highest BCUT2D eigenvalue weighted by molar-refractivity contribution is 5.47. The SMILES string of the molecule is N=COc1ccccc1. The van der Waals surface area contributed by atoms with Gasteiger partial charge in [0.2, 0.25) is 0 Å². The van der Waals surface area contributed by atoms with Crippen molar-refractivity contribution in [3.8, 4) is 5.75 Å². The number of hydrogen-bond donors (Lipinski definition) is 1. The van der Waals surface area contributed by atoms with Crippen LogP contribution in [-0.2, 0) is 0 Å². The van der Waals surface area contributed by atoms with Crippen molar-refractivity contribution in [2.75, 3.05) is 0 Å². The molecule has 0 amide bonds. The van der Waals surface area contributed by atoms with E-state index in [1.807, 2.05) is 18.2 Å². The normalized spacial score (nSPS) is 8.44. The fraction of sp³-hybridized carbons (Fsp3) is 0. The van der Waals surface area contributed by atoms with Crippen LogP contribution in [-0.4, -0.2) is 6.40 Å². The van der Waals surface area contributed by atoms with E-state index in [1.165, 1.54) is 0 Å². The summed E-state index contributed by atoms with van der Waals surface area (Å²) in [5.41, 5.74) is 0. The Morgan fingerprint density at radius 3 is 2.44 bits per heavy atom. The van der Waals surface area contributed by atoms with Crippen LogP contribution in [0.5, 0.6) is 5.75 Å². The highest BCUT2D eigenvalue weighted by Crippen LogP contribution is 2.05. The van der Waals surface area contributed by atoms with Gasteiger partial charge in [-0.3, -0.25) is 5.41 Å². The van der Waals surface area contributed by atoms with Crippen molar-refractivity contribution < 1.29 is 4.74 Å². The summed E-state index contributed by atoms with van der Waals surface area (Å²) in [5, 5.41) is 6.59. The van der Waals surface area contributed by atoms with Gasteiger partial charge in [-0.05, 0) is 12.1 Å². The predicted molar refractivity (Wildman–Crippen MR) is 35.9 cm³/mol. The summed E-state index contributed by atoms with van der Waals surface area (Å²) in [4.78, 5) is 0. The summed E-state index contributed by atoms with van der Waals surface area (Å²) in [7, 11) is 0. The average Bonchev–Trinajstić information content (AvgIpc) is 1.91. The summed E-state index contributed by atoms with van der Waals surface area (Å²) in [6.45, 7) is 0. The van der Waals surface area contributed by atoms with Crippen LogP contribution in [0.3, 0.4) is 0 Å². The molecule has 0 saturated carbocycles. The molecular weight excluding hydrogens is 114 g/mol. The molecule has 46 valence electrons. The van der Waals surface area contributed by atoms with E-state index in [-0.39, 0.29) is 0 Å². The third kappa shape index (κ3) is 1.57. The molecule has 0 unspecified atom stereocenters. The van der Waals surface area contributed by atoms with Crippen LogP contribution in [0.15, 0.2) is 30.3 Å². The molecule has 0 aromatic heterocycles. The molecule has 0 aliphatic rings. The molecule has 1 aromatic rings. The molecule has 0 aliphatic carbocycles. The maximum absolute atomic E-state index is 6.59. The Bertz CT molecular complexity index is 183. The highest BCUT2D eigenvalue weighted by atomic mass is 16.5. The van der Waals surface area contributed by atoms with Crippen LogP contribution in [0, 0.1) is 5.41 Å². The van der Waals surface area contributed by atoms with Crippen LogP contribution < -0.4 is 4.74 Å². The van der Waals surface area contributed by atoms with E-state index in [1.54, 1.807) is 12.1 Å². The van der Waals surface area contributed by atoms with Crippen LogP contribution in [0.1, 0.15) is 0 Å². The maximum Gasteiger partial charge on any atom is 0.173 e. The number of hydrogen-bond acceptors (Lipinski definition) is 2. The molecular formula is C7H7NO. The average molecular weight is 121 g/mol. The number of nitrogens with one attached hydrogen (secondary N) is 1. The molecule has 0 saturated heterocycles. The summed E-state index contributed by atoms with van der Waals surface area (Å²) in [6, 6.07) is 9.21. The van der Waals surface area contributed by atoms with Gasteiger partial charge in [-0.25, -0.2) is 0 Å². The minimum Gasteiger partial charge on any atom is -0.446 e. The highest BCUT2D eigenvalue weighted by Gasteiger charge is 1.82. The van der Waals surface area contributed by atoms with Crippen molar-refractivity contribution >= 4 is 6.40 Å². The molecule has 0 bridgehead atoms. The van der Waals surface area contributed by atoms with Crippen molar-refractivity contribution in [2.24, 2.45) is 0 Å². The smallest absolute Gasteiger partial charge is 0.173 e. The third-order valence-corrected chi connectivity index (χ3v) is 0.938. The summed E-state index contributed by atoms with van der Waals surface area (Å²) in [6.07, 6.45) is 0.912. The number of benzene rings is 1. The van der Waals surface area contributed by atoms with Crippen LogP contribution in [0.4, 0.5) is 0 Å². The Hall–Kier alpha value is -1.31. The van der Waals surface area contributed by atoms with E-state index < -0.39 is 0 Å². The van der Waals surface area contributed by atoms with Crippen molar-refractivity contribution in [2.45, 2.75) is 0 Å².